The summed E-state index contributed by atoms with van der Waals surface area (Å²) in [4.78, 5) is 28.3. The van der Waals surface area contributed by atoms with Crippen LogP contribution in [0.25, 0.3) is 0 Å². The Morgan fingerprint density at radius 2 is 1.77 bits per heavy atom. The molecule has 0 spiro atoms. The minimum atomic E-state index is -3.80. The van der Waals surface area contributed by atoms with Gasteiger partial charge in [0.1, 0.15) is 11.8 Å². The molecule has 3 rings (SSSR count). The second-order valence-electron chi connectivity index (χ2n) is 6.36. The maximum Gasteiger partial charge on any atom is 0.261 e. The van der Waals surface area contributed by atoms with Crippen molar-refractivity contribution in [1.82, 2.24) is 15.6 Å². The number of rotatable bonds is 8. The Balaban J connectivity index is 1.58. The standard InChI is InChI=1S/C20H20N4O5S/c1-14(19(25)22-13-17-3-2-12-29-17)23-20(26)15-4-6-18(7-5-15)30(27,28)24-16-8-10-21-11-9-16/h2-12,14H,13H2,1H3,(H,21,24)(H,22,25)(H,23,26). The first kappa shape index (κ1) is 21.1. The number of amides is 2. The van der Waals surface area contributed by atoms with Crippen LogP contribution >= 0.6 is 0 Å². The molecule has 0 aliphatic carbocycles. The predicted molar refractivity (Wildman–Crippen MR) is 109 cm³/mol. The molecule has 3 N–H and O–H groups in total. The van der Waals surface area contributed by atoms with Gasteiger partial charge in [-0.1, -0.05) is 0 Å². The lowest BCUT2D eigenvalue weighted by Gasteiger charge is -2.14. The van der Waals surface area contributed by atoms with Crippen LogP contribution in [-0.2, 0) is 21.4 Å². The molecule has 156 valence electrons. The van der Waals surface area contributed by atoms with E-state index >= 15 is 0 Å². The van der Waals surface area contributed by atoms with Crippen LogP contribution in [0.5, 0.6) is 0 Å². The monoisotopic (exact) mass is 428 g/mol. The van der Waals surface area contributed by atoms with Crippen molar-refractivity contribution in [2.75, 3.05) is 4.72 Å². The van der Waals surface area contributed by atoms with E-state index in [4.69, 9.17) is 4.42 Å². The molecular weight excluding hydrogens is 408 g/mol. The molecule has 1 aromatic carbocycles. The van der Waals surface area contributed by atoms with Gasteiger partial charge in [-0.15, -0.1) is 0 Å². The van der Waals surface area contributed by atoms with E-state index in [0.29, 0.717) is 11.4 Å². The van der Waals surface area contributed by atoms with Crippen molar-refractivity contribution in [2.24, 2.45) is 0 Å². The van der Waals surface area contributed by atoms with Gasteiger partial charge in [-0.05, 0) is 55.5 Å². The fraction of sp³-hybridized carbons (Fsp3) is 0.150. The van der Waals surface area contributed by atoms with Crippen LogP contribution < -0.4 is 15.4 Å². The molecule has 9 nitrogen and oxygen atoms in total. The number of nitrogens with zero attached hydrogens (tertiary/aromatic N) is 1. The number of anilines is 1. The first-order chi connectivity index (χ1) is 14.3. The summed E-state index contributed by atoms with van der Waals surface area (Å²) >= 11 is 0. The maximum atomic E-state index is 12.4. The highest BCUT2D eigenvalue weighted by atomic mass is 32.2. The molecule has 10 heteroatoms. The van der Waals surface area contributed by atoms with Gasteiger partial charge in [0.15, 0.2) is 0 Å². The molecule has 2 aromatic heterocycles. The molecule has 2 heterocycles. The number of hydrogen-bond donors (Lipinski definition) is 3. The largest absolute Gasteiger partial charge is 0.467 e. The Kier molecular flexibility index (Phi) is 6.48. The Labute approximate surface area is 173 Å². The van der Waals surface area contributed by atoms with Crippen molar-refractivity contribution < 1.29 is 22.4 Å². The molecule has 1 unspecified atom stereocenters. The second-order valence-corrected chi connectivity index (χ2v) is 8.04. The number of hydrogen-bond acceptors (Lipinski definition) is 6. The van der Waals surface area contributed by atoms with Crippen LogP contribution in [0.2, 0.25) is 0 Å². The van der Waals surface area contributed by atoms with E-state index in [1.54, 1.807) is 19.1 Å². The number of furan rings is 1. The second kappa shape index (κ2) is 9.23. The van der Waals surface area contributed by atoms with Crippen molar-refractivity contribution in [3.63, 3.8) is 0 Å². The number of sulfonamides is 1. The summed E-state index contributed by atoms with van der Waals surface area (Å²) in [5, 5.41) is 5.22. The number of aromatic nitrogens is 1. The highest BCUT2D eigenvalue weighted by Gasteiger charge is 2.18. The summed E-state index contributed by atoms with van der Waals surface area (Å²) in [5.74, 6) is -0.277. The third-order valence-corrected chi connectivity index (χ3v) is 5.51. The summed E-state index contributed by atoms with van der Waals surface area (Å²) in [6.07, 6.45) is 4.44. The topological polar surface area (TPSA) is 130 Å². The molecule has 0 aliphatic rings. The van der Waals surface area contributed by atoms with Crippen molar-refractivity contribution >= 4 is 27.5 Å². The molecule has 0 bridgehead atoms. The van der Waals surface area contributed by atoms with Gasteiger partial charge < -0.3 is 15.1 Å². The molecule has 1 atom stereocenters. The van der Waals surface area contributed by atoms with Crippen molar-refractivity contribution in [3.8, 4) is 0 Å². The van der Waals surface area contributed by atoms with Crippen molar-refractivity contribution in [1.29, 1.82) is 0 Å². The predicted octanol–water partition coefficient (Wildman–Crippen LogP) is 1.91. The molecule has 2 amide bonds. The first-order valence-corrected chi connectivity index (χ1v) is 10.5. The Hall–Kier alpha value is -3.66. The van der Waals surface area contributed by atoms with E-state index in [9.17, 15) is 18.0 Å². The molecular formula is C20H20N4O5S. The van der Waals surface area contributed by atoms with Crippen LogP contribution in [0.4, 0.5) is 5.69 Å². The summed E-state index contributed by atoms with van der Waals surface area (Å²) in [6.45, 7) is 1.76. The fourth-order valence-corrected chi connectivity index (χ4v) is 3.56. The lowest BCUT2D eigenvalue weighted by molar-refractivity contribution is -0.122. The number of pyridine rings is 1. The Morgan fingerprint density at radius 3 is 2.40 bits per heavy atom. The summed E-state index contributed by atoms with van der Waals surface area (Å²) in [5.41, 5.74) is 0.602. The van der Waals surface area contributed by atoms with Gasteiger partial charge in [-0.2, -0.15) is 0 Å². The zero-order valence-corrected chi connectivity index (χ0v) is 16.8. The minimum absolute atomic E-state index is 0.0000941. The zero-order valence-electron chi connectivity index (χ0n) is 16.0. The lowest BCUT2D eigenvalue weighted by atomic mass is 10.2. The molecule has 0 radical (unpaired) electrons. The van der Waals surface area contributed by atoms with E-state index in [0.717, 1.165) is 0 Å². The Morgan fingerprint density at radius 1 is 1.07 bits per heavy atom. The molecule has 30 heavy (non-hydrogen) atoms. The summed E-state index contributed by atoms with van der Waals surface area (Å²) < 4.78 is 32.4. The van der Waals surface area contributed by atoms with Crippen LogP contribution in [0.3, 0.4) is 0 Å². The number of carbonyl (C=O) groups is 2. The van der Waals surface area contributed by atoms with Crippen molar-refractivity contribution in [3.05, 3.63) is 78.5 Å². The summed E-state index contributed by atoms with van der Waals surface area (Å²) in [6, 6.07) is 11.1. The molecule has 0 fully saturated rings. The van der Waals surface area contributed by atoms with Gasteiger partial charge in [-0.3, -0.25) is 19.3 Å². The summed E-state index contributed by atoms with van der Waals surface area (Å²) in [7, 11) is -3.80. The van der Waals surface area contributed by atoms with Gasteiger partial charge in [-0.25, -0.2) is 8.42 Å². The van der Waals surface area contributed by atoms with Crippen LogP contribution in [0, 0.1) is 0 Å². The molecule has 0 aliphatic heterocycles. The number of benzene rings is 1. The van der Waals surface area contributed by atoms with E-state index in [2.05, 4.69) is 20.3 Å². The minimum Gasteiger partial charge on any atom is -0.467 e. The van der Waals surface area contributed by atoms with Gasteiger partial charge in [0.05, 0.1) is 23.4 Å². The SMILES string of the molecule is CC(NC(=O)c1ccc(S(=O)(=O)Nc2ccncc2)cc1)C(=O)NCc1ccco1. The smallest absolute Gasteiger partial charge is 0.261 e. The maximum absolute atomic E-state index is 12.4. The number of nitrogens with one attached hydrogen (secondary N) is 3. The van der Waals surface area contributed by atoms with Crippen molar-refractivity contribution in [2.45, 2.75) is 24.4 Å². The first-order valence-electron chi connectivity index (χ1n) is 8.99. The van der Waals surface area contributed by atoms with Gasteiger partial charge in [0.25, 0.3) is 15.9 Å². The van der Waals surface area contributed by atoms with E-state index in [-0.39, 0.29) is 22.9 Å². The highest BCUT2D eigenvalue weighted by Crippen LogP contribution is 2.16. The number of carbonyl (C=O) groups excluding carboxylic acids is 2. The average molecular weight is 428 g/mol. The van der Waals surface area contributed by atoms with Crippen LogP contribution in [0.15, 0.2) is 76.5 Å². The van der Waals surface area contributed by atoms with E-state index in [1.165, 1.54) is 55.1 Å². The normalized spacial score (nSPS) is 12.0. The third-order valence-electron chi connectivity index (χ3n) is 4.12. The van der Waals surface area contributed by atoms with Crippen LogP contribution in [-0.4, -0.2) is 31.3 Å². The molecule has 0 saturated carbocycles. The quantitative estimate of drug-likeness (QED) is 0.502. The van der Waals surface area contributed by atoms with E-state index < -0.39 is 22.0 Å². The Bertz CT molecular complexity index is 1100. The molecule has 0 saturated heterocycles. The fourth-order valence-electron chi connectivity index (χ4n) is 2.51. The highest BCUT2D eigenvalue weighted by molar-refractivity contribution is 7.92. The van der Waals surface area contributed by atoms with Crippen LogP contribution in [0.1, 0.15) is 23.0 Å². The molecule has 3 aromatic rings. The van der Waals surface area contributed by atoms with Gasteiger partial charge in [0, 0.05) is 18.0 Å². The zero-order chi connectivity index (χ0) is 21.6. The average Bonchev–Trinajstić information content (AvgIpc) is 3.26. The lowest BCUT2D eigenvalue weighted by Crippen LogP contribution is -2.44. The van der Waals surface area contributed by atoms with Gasteiger partial charge >= 0.3 is 0 Å². The van der Waals surface area contributed by atoms with Gasteiger partial charge in [0.2, 0.25) is 5.91 Å². The van der Waals surface area contributed by atoms with E-state index in [1.807, 2.05) is 0 Å². The third kappa shape index (κ3) is 5.45.